The fraction of sp³-hybridized carbons (Fsp3) is 0.762. The number of aromatic nitrogens is 2. The van der Waals surface area contributed by atoms with Gasteiger partial charge >= 0.3 is 0 Å². The smallest absolute Gasteiger partial charge is 0.224 e. The first-order valence-electron chi connectivity index (χ1n) is 10.8. The molecule has 1 saturated carbocycles. The fourth-order valence-corrected chi connectivity index (χ4v) is 4.32. The Morgan fingerprint density at radius 3 is 2.57 bits per heavy atom. The van der Waals surface area contributed by atoms with Gasteiger partial charge in [-0.05, 0) is 52.4 Å². The lowest BCUT2D eigenvalue weighted by Gasteiger charge is -2.36. The molecule has 0 unspecified atom stereocenters. The molecule has 4 rings (SSSR count). The number of amides is 1. The third-order valence-corrected chi connectivity index (χ3v) is 6.21. The summed E-state index contributed by atoms with van der Waals surface area (Å²) < 4.78 is 5.57. The Hall–Kier alpha value is -1.73. The summed E-state index contributed by atoms with van der Waals surface area (Å²) in [7, 11) is 0. The summed E-state index contributed by atoms with van der Waals surface area (Å²) in [6.07, 6.45) is 8.15. The van der Waals surface area contributed by atoms with Crippen molar-refractivity contribution in [3.63, 3.8) is 0 Å². The third kappa shape index (κ3) is 5.00. The number of anilines is 1. The maximum atomic E-state index is 12.8. The van der Waals surface area contributed by atoms with Gasteiger partial charge in [-0.3, -0.25) is 9.69 Å². The molecule has 2 N–H and O–H groups in total. The van der Waals surface area contributed by atoms with E-state index in [4.69, 9.17) is 4.74 Å². The van der Waals surface area contributed by atoms with Gasteiger partial charge in [0, 0.05) is 56.2 Å². The highest BCUT2D eigenvalue weighted by atomic mass is 16.5. The summed E-state index contributed by atoms with van der Waals surface area (Å²) in [4.78, 5) is 24.2. The Kier molecular flexibility index (Phi) is 6.11. The van der Waals surface area contributed by atoms with E-state index in [2.05, 4.69) is 25.5 Å². The van der Waals surface area contributed by atoms with Crippen LogP contribution >= 0.6 is 0 Å². The van der Waals surface area contributed by atoms with Gasteiger partial charge in [0.15, 0.2) is 0 Å². The molecular weight excluding hydrogens is 354 g/mol. The molecule has 28 heavy (non-hydrogen) atoms. The highest BCUT2D eigenvalue weighted by molar-refractivity contribution is 5.79. The first kappa shape index (κ1) is 19.6. The van der Waals surface area contributed by atoms with Crippen LogP contribution < -0.4 is 10.6 Å². The predicted octanol–water partition coefficient (Wildman–Crippen LogP) is 2.04. The van der Waals surface area contributed by atoms with Gasteiger partial charge in [-0.25, -0.2) is 9.97 Å². The van der Waals surface area contributed by atoms with Crippen LogP contribution in [-0.2, 0) is 9.53 Å². The molecule has 2 saturated heterocycles. The molecule has 1 aliphatic carbocycles. The maximum absolute atomic E-state index is 12.8. The first-order valence-corrected chi connectivity index (χ1v) is 10.8. The monoisotopic (exact) mass is 387 g/mol. The normalized spacial score (nSPS) is 27.2. The van der Waals surface area contributed by atoms with Crippen molar-refractivity contribution in [1.82, 2.24) is 20.2 Å². The van der Waals surface area contributed by atoms with Crippen LogP contribution in [0.2, 0.25) is 0 Å². The van der Waals surface area contributed by atoms with Crippen molar-refractivity contribution < 1.29 is 9.53 Å². The predicted molar refractivity (Wildman–Crippen MR) is 108 cm³/mol. The minimum atomic E-state index is 0.0727. The van der Waals surface area contributed by atoms with Crippen molar-refractivity contribution in [1.29, 1.82) is 0 Å². The zero-order valence-electron chi connectivity index (χ0n) is 17.1. The van der Waals surface area contributed by atoms with Crippen LogP contribution in [-0.4, -0.2) is 65.2 Å². The molecule has 1 aromatic heterocycles. The Morgan fingerprint density at radius 2 is 1.82 bits per heavy atom. The summed E-state index contributed by atoms with van der Waals surface area (Å²) in [5, 5.41) is 6.88. The number of likely N-dealkylation sites (tertiary alicyclic amines) is 1. The molecule has 7 nitrogen and oxygen atoms in total. The van der Waals surface area contributed by atoms with E-state index >= 15 is 0 Å². The number of nitrogens with zero attached hydrogens (tertiary/aromatic N) is 3. The van der Waals surface area contributed by atoms with E-state index in [1.165, 1.54) is 0 Å². The summed E-state index contributed by atoms with van der Waals surface area (Å²) >= 11 is 0. The van der Waals surface area contributed by atoms with E-state index in [1.807, 2.05) is 20.0 Å². The van der Waals surface area contributed by atoms with Gasteiger partial charge in [-0.2, -0.15) is 0 Å². The Labute approximate surface area is 167 Å². The maximum Gasteiger partial charge on any atom is 0.224 e. The number of hydrogen-bond donors (Lipinski definition) is 2. The van der Waals surface area contributed by atoms with Crippen LogP contribution in [0.1, 0.15) is 49.9 Å². The van der Waals surface area contributed by atoms with Gasteiger partial charge in [-0.1, -0.05) is 0 Å². The molecule has 3 aliphatic rings. The molecule has 154 valence electrons. The van der Waals surface area contributed by atoms with Crippen LogP contribution in [0, 0.1) is 19.8 Å². The number of ether oxygens (including phenoxy) is 1. The number of hydrogen-bond acceptors (Lipinski definition) is 6. The third-order valence-electron chi connectivity index (χ3n) is 6.21. The van der Waals surface area contributed by atoms with E-state index < -0.39 is 0 Å². The minimum absolute atomic E-state index is 0.0727. The van der Waals surface area contributed by atoms with Gasteiger partial charge in [0.2, 0.25) is 5.91 Å². The lowest BCUT2D eigenvalue weighted by molar-refractivity contribution is -0.126. The molecule has 7 heteroatoms. The number of rotatable bonds is 5. The Bertz CT molecular complexity index is 687. The summed E-state index contributed by atoms with van der Waals surface area (Å²) in [6, 6.07) is 1.21. The zero-order valence-corrected chi connectivity index (χ0v) is 17.1. The van der Waals surface area contributed by atoms with Gasteiger partial charge in [0.1, 0.15) is 11.6 Å². The van der Waals surface area contributed by atoms with E-state index in [9.17, 15) is 4.79 Å². The average molecular weight is 388 g/mol. The number of carbonyl (C=O) groups excluding carboxylic acids is 1. The lowest BCUT2D eigenvalue weighted by Crippen LogP contribution is -2.47. The van der Waals surface area contributed by atoms with Crippen molar-refractivity contribution in [2.45, 2.75) is 70.5 Å². The number of nitrogens with one attached hydrogen (secondary N) is 2. The molecule has 1 amide bonds. The number of carbonyl (C=O) groups is 1. The highest BCUT2D eigenvalue weighted by Gasteiger charge is 2.34. The van der Waals surface area contributed by atoms with Crippen LogP contribution in [0.4, 0.5) is 5.82 Å². The van der Waals surface area contributed by atoms with Crippen molar-refractivity contribution in [3.8, 4) is 0 Å². The van der Waals surface area contributed by atoms with E-state index in [0.717, 1.165) is 82.0 Å². The van der Waals surface area contributed by atoms with E-state index in [1.54, 1.807) is 0 Å². The van der Waals surface area contributed by atoms with Gasteiger partial charge < -0.3 is 15.4 Å². The quantitative estimate of drug-likeness (QED) is 0.805. The zero-order chi connectivity index (χ0) is 19.5. The Balaban J connectivity index is 1.47. The average Bonchev–Trinajstić information content (AvgIpc) is 3.52. The molecule has 0 bridgehead atoms. The number of aryl methyl sites for hydroxylation is 2. The van der Waals surface area contributed by atoms with Crippen molar-refractivity contribution in [2.75, 3.05) is 31.6 Å². The first-order chi connectivity index (χ1) is 13.6. The molecule has 3 fully saturated rings. The molecule has 0 radical (unpaired) electrons. The summed E-state index contributed by atoms with van der Waals surface area (Å²) in [5.41, 5.74) is 1.07. The minimum Gasteiger partial charge on any atom is -0.381 e. The standard InChI is InChI=1S/C21H33N5O2/c1-14-11-22-15(2)23-20(14)24-18-4-3-16(21(27)25-17-5-6-17)12-26(13-18)19-7-9-28-10-8-19/h11,16-19H,3-10,12-13H2,1-2H3,(H,25,27)(H,22,23,24)/t16-,18+/m1/s1. The molecule has 0 aromatic carbocycles. The van der Waals surface area contributed by atoms with E-state index in [0.29, 0.717) is 12.1 Å². The molecule has 2 atom stereocenters. The molecule has 3 heterocycles. The van der Waals surface area contributed by atoms with Crippen LogP contribution in [0.5, 0.6) is 0 Å². The van der Waals surface area contributed by atoms with Gasteiger partial charge in [-0.15, -0.1) is 0 Å². The second-order valence-corrected chi connectivity index (χ2v) is 8.64. The SMILES string of the molecule is Cc1ncc(C)c(N[C@H]2CC[C@@H](C(=O)NC3CC3)CN(C3CCOCC3)C2)n1. The second-order valence-electron chi connectivity index (χ2n) is 8.64. The van der Waals surface area contributed by atoms with Crippen molar-refractivity contribution in [2.24, 2.45) is 5.92 Å². The molecule has 2 aliphatic heterocycles. The van der Waals surface area contributed by atoms with Crippen LogP contribution in [0.25, 0.3) is 0 Å². The molecular formula is C21H33N5O2. The van der Waals surface area contributed by atoms with Crippen LogP contribution in [0.15, 0.2) is 6.20 Å². The Morgan fingerprint density at radius 1 is 1.07 bits per heavy atom. The van der Waals surface area contributed by atoms with Gasteiger partial charge in [0.25, 0.3) is 0 Å². The molecule has 1 aromatic rings. The molecule has 0 spiro atoms. The van der Waals surface area contributed by atoms with Crippen LogP contribution in [0.3, 0.4) is 0 Å². The van der Waals surface area contributed by atoms with Crippen molar-refractivity contribution >= 4 is 11.7 Å². The second kappa shape index (κ2) is 8.74. The van der Waals surface area contributed by atoms with Crippen molar-refractivity contribution in [3.05, 3.63) is 17.6 Å². The summed E-state index contributed by atoms with van der Waals surface area (Å²) in [6.45, 7) is 7.40. The lowest BCUT2D eigenvalue weighted by atomic mass is 10.00. The topological polar surface area (TPSA) is 79.4 Å². The highest BCUT2D eigenvalue weighted by Crippen LogP contribution is 2.26. The van der Waals surface area contributed by atoms with E-state index in [-0.39, 0.29) is 17.9 Å². The summed E-state index contributed by atoms with van der Waals surface area (Å²) in [5.74, 6) is 2.02. The fourth-order valence-electron chi connectivity index (χ4n) is 4.32. The van der Waals surface area contributed by atoms with Gasteiger partial charge in [0.05, 0.1) is 5.92 Å². The largest absolute Gasteiger partial charge is 0.381 e.